The Balaban J connectivity index is 2.10. The molecule has 0 spiro atoms. The van der Waals surface area contributed by atoms with Gasteiger partial charge in [-0.05, 0) is 29.8 Å². The second-order valence-electron chi connectivity index (χ2n) is 4.89. The van der Waals surface area contributed by atoms with Gasteiger partial charge in [0.25, 0.3) is 0 Å². The van der Waals surface area contributed by atoms with Crippen LogP contribution in [-0.4, -0.2) is 9.55 Å². The lowest BCUT2D eigenvalue weighted by molar-refractivity contribution is 0.629. The zero-order valence-corrected chi connectivity index (χ0v) is 11.6. The van der Waals surface area contributed by atoms with E-state index in [2.05, 4.69) is 17.1 Å². The Morgan fingerprint density at radius 3 is 2.77 bits per heavy atom. The number of hydrogen-bond donors (Lipinski definition) is 0. The maximum Gasteiger partial charge on any atom is 0.125 e. The first-order chi connectivity index (χ1) is 10.7. The van der Waals surface area contributed by atoms with Gasteiger partial charge in [0.15, 0.2) is 0 Å². The van der Waals surface area contributed by atoms with E-state index in [9.17, 15) is 4.39 Å². The molecule has 1 heterocycles. The van der Waals surface area contributed by atoms with Gasteiger partial charge >= 0.3 is 0 Å². The largest absolute Gasteiger partial charge is 0.323 e. The van der Waals surface area contributed by atoms with E-state index in [-0.39, 0.29) is 12.2 Å². The quantitative estimate of drug-likeness (QED) is 0.744. The van der Waals surface area contributed by atoms with Crippen molar-refractivity contribution in [1.29, 1.82) is 10.5 Å². The molecule has 106 valence electrons. The summed E-state index contributed by atoms with van der Waals surface area (Å²) in [6.07, 6.45) is 0.147. The third kappa shape index (κ3) is 2.53. The van der Waals surface area contributed by atoms with Crippen LogP contribution in [-0.2, 0) is 13.0 Å². The summed E-state index contributed by atoms with van der Waals surface area (Å²) in [5.41, 5.74) is 2.81. The molecule has 5 heteroatoms. The van der Waals surface area contributed by atoms with Gasteiger partial charge in [-0.25, -0.2) is 9.37 Å². The average molecular weight is 290 g/mol. The van der Waals surface area contributed by atoms with E-state index >= 15 is 0 Å². The lowest BCUT2D eigenvalue weighted by atomic mass is 10.1. The van der Waals surface area contributed by atoms with Crippen molar-refractivity contribution in [2.45, 2.75) is 13.0 Å². The molecule has 0 amide bonds. The number of aromatic nitrogens is 2. The highest BCUT2D eigenvalue weighted by molar-refractivity contribution is 5.76. The smallest absolute Gasteiger partial charge is 0.125 e. The normalized spacial score (nSPS) is 10.3. The molecule has 0 aliphatic heterocycles. The molecule has 0 bridgehead atoms. The van der Waals surface area contributed by atoms with E-state index < -0.39 is 0 Å². The summed E-state index contributed by atoms with van der Waals surface area (Å²) in [5, 5.41) is 17.9. The van der Waals surface area contributed by atoms with Gasteiger partial charge in [0.1, 0.15) is 11.6 Å². The number of imidazole rings is 1. The first-order valence-corrected chi connectivity index (χ1v) is 6.72. The van der Waals surface area contributed by atoms with Crippen LogP contribution in [0.15, 0.2) is 42.5 Å². The lowest BCUT2D eigenvalue weighted by Gasteiger charge is -2.08. The fourth-order valence-corrected chi connectivity index (χ4v) is 2.46. The van der Waals surface area contributed by atoms with Crippen molar-refractivity contribution in [3.63, 3.8) is 0 Å². The summed E-state index contributed by atoms with van der Waals surface area (Å²) in [6.45, 7) is 0.481. The topological polar surface area (TPSA) is 65.4 Å². The predicted molar refractivity (Wildman–Crippen MR) is 79.3 cm³/mol. The molecule has 3 rings (SSSR count). The molecule has 0 fully saturated rings. The second kappa shape index (κ2) is 5.67. The van der Waals surface area contributed by atoms with Gasteiger partial charge in [-0.1, -0.05) is 12.1 Å². The number of rotatable bonds is 3. The van der Waals surface area contributed by atoms with Gasteiger partial charge in [0.2, 0.25) is 0 Å². The first kappa shape index (κ1) is 13.8. The maximum atomic E-state index is 13.3. The van der Waals surface area contributed by atoms with Crippen molar-refractivity contribution in [3.05, 3.63) is 65.2 Å². The Morgan fingerprint density at radius 2 is 2.00 bits per heavy atom. The molecule has 22 heavy (non-hydrogen) atoms. The van der Waals surface area contributed by atoms with E-state index in [0.717, 1.165) is 11.1 Å². The standard InChI is InChI=1S/C17H11FN4/c18-14-4-5-16-15(9-14)21-17(6-7-19)22(16)11-13-3-1-2-12(8-13)10-20/h1-5,8-9H,6,11H2. The van der Waals surface area contributed by atoms with Gasteiger partial charge < -0.3 is 4.57 Å². The highest BCUT2D eigenvalue weighted by atomic mass is 19.1. The van der Waals surface area contributed by atoms with Crippen molar-refractivity contribution in [1.82, 2.24) is 9.55 Å². The Kier molecular flexibility index (Phi) is 3.55. The van der Waals surface area contributed by atoms with E-state index in [4.69, 9.17) is 10.5 Å². The van der Waals surface area contributed by atoms with E-state index in [1.165, 1.54) is 12.1 Å². The lowest BCUT2D eigenvalue weighted by Crippen LogP contribution is -2.05. The summed E-state index contributed by atoms with van der Waals surface area (Å²) in [5.74, 6) is 0.234. The Morgan fingerprint density at radius 1 is 1.14 bits per heavy atom. The maximum absolute atomic E-state index is 13.3. The van der Waals surface area contributed by atoms with Crippen LogP contribution in [0.2, 0.25) is 0 Å². The van der Waals surface area contributed by atoms with Crippen molar-refractivity contribution in [2.24, 2.45) is 0 Å². The third-order valence-electron chi connectivity index (χ3n) is 3.42. The molecule has 0 saturated heterocycles. The van der Waals surface area contributed by atoms with Crippen LogP contribution in [0.4, 0.5) is 4.39 Å². The van der Waals surface area contributed by atoms with Crippen LogP contribution < -0.4 is 0 Å². The van der Waals surface area contributed by atoms with Crippen LogP contribution in [0.25, 0.3) is 11.0 Å². The van der Waals surface area contributed by atoms with E-state index in [0.29, 0.717) is 23.4 Å². The minimum absolute atomic E-state index is 0.147. The molecule has 0 aliphatic rings. The van der Waals surface area contributed by atoms with Gasteiger partial charge in [-0.2, -0.15) is 10.5 Å². The molecule has 0 aliphatic carbocycles. The fraction of sp³-hybridized carbons (Fsp3) is 0.118. The molecule has 0 N–H and O–H groups in total. The molecular formula is C17H11FN4. The molecule has 0 saturated carbocycles. The first-order valence-electron chi connectivity index (χ1n) is 6.72. The van der Waals surface area contributed by atoms with Gasteiger partial charge in [-0.3, -0.25) is 0 Å². The molecular weight excluding hydrogens is 279 g/mol. The molecule has 0 radical (unpaired) electrons. The van der Waals surface area contributed by atoms with Gasteiger partial charge in [0, 0.05) is 12.6 Å². The van der Waals surface area contributed by atoms with Crippen molar-refractivity contribution in [3.8, 4) is 12.1 Å². The fourth-order valence-electron chi connectivity index (χ4n) is 2.46. The summed E-state index contributed by atoms with van der Waals surface area (Å²) < 4.78 is 15.2. The molecule has 0 unspecified atom stereocenters. The van der Waals surface area contributed by atoms with Gasteiger partial charge in [-0.15, -0.1) is 0 Å². The molecule has 0 atom stereocenters. The Labute approximate surface area is 126 Å². The van der Waals surface area contributed by atoms with Crippen molar-refractivity contribution < 1.29 is 4.39 Å². The Hall–Kier alpha value is -3.18. The van der Waals surface area contributed by atoms with Gasteiger partial charge in [0.05, 0.1) is 35.2 Å². The van der Waals surface area contributed by atoms with E-state index in [1.807, 2.05) is 16.7 Å². The zero-order valence-electron chi connectivity index (χ0n) is 11.6. The highest BCUT2D eigenvalue weighted by Gasteiger charge is 2.12. The number of nitrogens with zero attached hydrogens (tertiary/aromatic N) is 4. The molecule has 1 aromatic heterocycles. The molecule has 3 aromatic rings. The summed E-state index contributed by atoms with van der Waals surface area (Å²) >= 11 is 0. The highest BCUT2D eigenvalue weighted by Crippen LogP contribution is 2.20. The monoisotopic (exact) mass is 290 g/mol. The predicted octanol–water partition coefficient (Wildman–Crippen LogP) is 3.16. The minimum Gasteiger partial charge on any atom is -0.323 e. The second-order valence-corrected chi connectivity index (χ2v) is 4.89. The Bertz CT molecular complexity index is 928. The number of hydrogen-bond acceptors (Lipinski definition) is 3. The minimum atomic E-state index is -0.355. The van der Waals surface area contributed by atoms with E-state index in [1.54, 1.807) is 18.2 Å². The van der Waals surface area contributed by atoms with Crippen LogP contribution in [0.5, 0.6) is 0 Å². The van der Waals surface area contributed by atoms with Crippen molar-refractivity contribution >= 4 is 11.0 Å². The number of fused-ring (bicyclic) bond motifs is 1. The van der Waals surface area contributed by atoms with Crippen LogP contribution in [0, 0.1) is 28.5 Å². The van der Waals surface area contributed by atoms with Crippen LogP contribution in [0.3, 0.4) is 0 Å². The zero-order chi connectivity index (χ0) is 15.5. The molecule has 2 aromatic carbocycles. The van der Waals surface area contributed by atoms with Crippen molar-refractivity contribution in [2.75, 3.05) is 0 Å². The third-order valence-corrected chi connectivity index (χ3v) is 3.42. The number of halogens is 1. The average Bonchev–Trinajstić information content (AvgIpc) is 2.84. The summed E-state index contributed by atoms with van der Waals surface area (Å²) in [7, 11) is 0. The number of nitriles is 2. The number of benzene rings is 2. The van der Waals surface area contributed by atoms with Crippen LogP contribution in [0.1, 0.15) is 17.0 Å². The van der Waals surface area contributed by atoms with Crippen LogP contribution >= 0.6 is 0 Å². The SMILES string of the molecule is N#CCc1nc2cc(F)ccc2n1Cc1cccc(C#N)c1. The summed E-state index contributed by atoms with van der Waals surface area (Å²) in [4.78, 5) is 4.34. The molecule has 4 nitrogen and oxygen atoms in total. The summed E-state index contributed by atoms with van der Waals surface area (Å²) in [6, 6.07) is 15.8.